The van der Waals surface area contributed by atoms with Crippen LogP contribution < -0.4 is 10.5 Å². The van der Waals surface area contributed by atoms with Gasteiger partial charge in [0.05, 0.1) is 11.4 Å². The molecule has 0 spiro atoms. The van der Waals surface area contributed by atoms with E-state index in [1.165, 1.54) is 12.5 Å². The van der Waals surface area contributed by atoms with Crippen LogP contribution in [0.4, 0.5) is 4.39 Å². The van der Waals surface area contributed by atoms with Crippen molar-refractivity contribution in [3.8, 4) is 11.5 Å². The second kappa shape index (κ2) is 10.9. The number of aryl methyl sites for hydroxylation is 1. The molecule has 0 radical (unpaired) electrons. The van der Waals surface area contributed by atoms with Crippen LogP contribution in [0.2, 0.25) is 0 Å². The highest BCUT2D eigenvalue weighted by molar-refractivity contribution is 5.86. The Kier molecular flexibility index (Phi) is 7.41. The van der Waals surface area contributed by atoms with Crippen molar-refractivity contribution in [3.05, 3.63) is 53.6 Å². The maximum atomic E-state index is 14.9. The zero-order valence-corrected chi connectivity index (χ0v) is 21.2. The molecule has 1 aromatic carbocycles. The number of carbonyl (C=O) groups excluding carboxylic acids is 2. The number of nitrogens with zero attached hydrogens (tertiary/aromatic N) is 3. The molecular formula is C28H34FN5O3. The highest BCUT2D eigenvalue weighted by Crippen LogP contribution is 2.32. The molecule has 1 aliphatic heterocycles. The number of ether oxygens (including phenoxy) is 1. The molecule has 3 aromatic rings. The Morgan fingerprint density at radius 2 is 1.84 bits per heavy atom. The van der Waals surface area contributed by atoms with Gasteiger partial charge in [0.25, 0.3) is 0 Å². The Hall–Kier alpha value is -3.46. The number of hydrogen-bond donors (Lipinski definition) is 2. The maximum absolute atomic E-state index is 14.9. The lowest BCUT2D eigenvalue weighted by molar-refractivity contribution is -0.143. The van der Waals surface area contributed by atoms with Crippen LogP contribution in [-0.2, 0) is 16.0 Å². The number of piperazine rings is 1. The smallest absolute Gasteiger partial charge is 0.239 e. The third-order valence-corrected chi connectivity index (χ3v) is 7.58. The Morgan fingerprint density at radius 3 is 2.57 bits per heavy atom. The van der Waals surface area contributed by atoms with Crippen molar-refractivity contribution >= 4 is 22.8 Å². The first-order valence-corrected chi connectivity index (χ1v) is 13.1. The number of aromatic nitrogens is 2. The second-order valence-electron chi connectivity index (χ2n) is 10.2. The number of fused-ring (bicyclic) bond motifs is 1. The molecule has 5 rings (SSSR count). The summed E-state index contributed by atoms with van der Waals surface area (Å²) in [6, 6.07) is 5.58. The highest BCUT2D eigenvalue weighted by atomic mass is 19.1. The molecule has 8 nitrogen and oxygen atoms in total. The van der Waals surface area contributed by atoms with Gasteiger partial charge in [0.15, 0.2) is 11.6 Å². The van der Waals surface area contributed by atoms with Crippen LogP contribution in [0, 0.1) is 18.7 Å². The van der Waals surface area contributed by atoms with E-state index in [2.05, 4.69) is 9.97 Å². The Bertz CT molecular complexity index is 1280. The fraction of sp³-hybridized carbons (Fsp3) is 0.464. The first kappa shape index (κ1) is 25.2. The molecule has 9 heteroatoms. The van der Waals surface area contributed by atoms with Crippen molar-refractivity contribution in [1.82, 2.24) is 19.8 Å². The Balaban J connectivity index is 1.16. The van der Waals surface area contributed by atoms with Crippen LogP contribution in [0.25, 0.3) is 11.0 Å². The normalized spacial score (nSPS) is 17.7. The van der Waals surface area contributed by atoms with E-state index < -0.39 is 11.9 Å². The molecule has 1 aliphatic carbocycles. The van der Waals surface area contributed by atoms with Crippen molar-refractivity contribution in [2.45, 2.75) is 51.5 Å². The van der Waals surface area contributed by atoms with Crippen molar-refractivity contribution in [3.63, 3.8) is 0 Å². The van der Waals surface area contributed by atoms with Crippen molar-refractivity contribution in [2.24, 2.45) is 11.7 Å². The topological polar surface area (TPSA) is 105 Å². The van der Waals surface area contributed by atoms with Gasteiger partial charge < -0.3 is 25.3 Å². The molecule has 37 heavy (non-hydrogen) atoms. The molecule has 2 fully saturated rings. The largest absolute Gasteiger partial charge is 0.453 e. The minimum atomic E-state index is -0.783. The summed E-state index contributed by atoms with van der Waals surface area (Å²) in [5, 5.41) is 0.805. The van der Waals surface area contributed by atoms with Gasteiger partial charge in [-0.15, -0.1) is 0 Å². The van der Waals surface area contributed by atoms with Crippen molar-refractivity contribution < 1.29 is 18.7 Å². The highest BCUT2D eigenvalue weighted by Gasteiger charge is 2.31. The quantitative estimate of drug-likeness (QED) is 0.526. The summed E-state index contributed by atoms with van der Waals surface area (Å²) in [6.45, 7) is 3.96. The number of aromatic amines is 1. The first-order chi connectivity index (χ1) is 17.9. The number of amides is 2. The van der Waals surface area contributed by atoms with Gasteiger partial charge in [-0.05, 0) is 55.5 Å². The summed E-state index contributed by atoms with van der Waals surface area (Å²) in [7, 11) is 0. The number of H-pyrrole nitrogens is 1. The SMILES string of the molecule is Cc1c[nH]c2nccc(Oc3ccc(C[C@H](N)C(=O)N4CCN(C(=O)C5CCCCC5)CC4)cc3F)c12. The van der Waals surface area contributed by atoms with E-state index in [-0.39, 0.29) is 29.9 Å². The predicted molar refractivity (Wildman–Crippen MR) is 139 cm³/mol. The number of pyridine rings is 1. The lowest BCUT2D eigenvalue weighted by Crippen LogP contribution is -2.55. The zero-order chi connectivity index (χ0) is 25.9. The Morgan fingerprint density at radius 1 is 1.11 bits per heavy atom. The molecule has 2 aromatic heterocycles. The molecule has 1 saturated heterocycles. The molecule has 3 heterocycles. The summed E-state index contributed by atoms with van der Waals surface area (Å²) in [6.07, 6.45) is 9.06. The van der Waals surface area contributed by atoms with Crippen LogP contribution in [0.5, 0.6) is 11.5 Å². The van der Waals surface area contributed by atoms with Gasteiger partial charge in [0, 0.05) is 44.5 Å². The number of nitrogens with two attached hydrogens (primary N) is 1. The van der Waals surface area contributed by atoms with Crippen LogP contribution in [0.1, 0.15) is 43.2 Å². The molecule has 2 aliphatic rings. The number of benzene rings is 1. The number of halogens is 1. The summed E-state index contributed by atoms with van der Waals surface area (Å²) in [5.41, 5.74) is 8.49. The van der Waals surface area contributed by atoms with E-state index in [0.29, 0.717) is 43.1 Å². The van der Waals surface area contributed by atoms with Crippen molar-refractivity contribution in [2.75, 3.05) is 26.2 Å². The van der Waals surface area contributed by atoms with Crippen LogP contribution >= 0.6 is 0 Å². The van der Waals surface area contributed by atoms with Crippen molar-refractivity contribution in [1.29, 1.82) is 0 Å². The number of rotatable bonds is 6. The summed E-state index contributed by atoms with van der Waals surface area (Å²) < 4.78 is 20.8. The van der Waals surface area contributed by atoms with E-state index in [9.17, 15) is 14.0 Å². The van der Waals surface area contributed by atoms with Gasteiger partial charge in [0.1, 0.15) is 11.4 Å². The van der Waals surface area contributed by atoms with E-state index in [4.69, 9.17) is 10.5 Å². The fourth-order valence-electron chi connectivity index (χ4n) is 5.47. The number of hydrogen-bond acceptors (Lipinski definition) is 5. The van der Waals surface area contributed by atoms with E-state index >= 15 is 0 Å². The average molecular weight is 508 g/mol. The summed E-state index contributed by atoms with van der Waals surface area (Å²) >= 11 is 0. The third-order valence-electron chi connectivity index (χ3n) is 7.58. The summed E-state index contributed by atoms with van der Waals surface area (Å²) in [5.74, 6) is 0.279. The van der Waals surface area contributed by atoms with Gasteiger partial charge in [-0.3, -0.25) is 9.59 Å². The molecule has 1 atom stereocenters. The molecule has 2 amide bonds. The van der Waals surface area contributed by atoms with E-state index in [0.717, 1.165) is 36.6 Å². The minimum absolute atomic E-state index is 0.0931. The monoisotopic (exact) mass is 507 g/mol. The molecule has 0 bridgehead atoms. The second-order valence-corrected chi connectivity index (χ2v) is 10.2. The van der Waals surface area contributed by atoms with E-state index in [1.807, 2.05) is 18.0 Å². The molecule has 1 saturated carbocycles. The zero-order valence-electron chi connectivity index (χ0n) is 21.2. The minimum Gasteiger partial charge on any atom is -0.453 e. The molecular weight excluding hydrogens is 473 g/mol. The number of carbonyl (C=O) groups is 2. The molecule has 3 N–H and O–H groups in total. The Labute approximate surface area is 216 Å². The lowest BCUT2D eigenvalue weighted by atomic mass is 9.88. The van der Waals surface area contributed by atoms with E-state index in [1.54, 1.807) is 29.3 Å². The fourth-order valence-corrected chi connectivity index (χ4v) is 5.47. The standard InChI is InChI=1S/C28H34FN5O3/c1-18-17-32-26-25(18)24(9-10-31-26)37-23-8-7-19(15-21(23)29)16-22(30)28(36)34-13-11-33(12-14-34)27(35)20-5-3-2-4-6-20/h7-10,15,17,20,22H,2-6,11-14,16,30H2,1H3,(H,31,32)/t22-/m0/s1. The van der Waals surface area contributed by atoms with Gasteiger partial charge in [-0.2, -0.15) is 0 Å². The first-order valence-electron chi connectivity index (χ1n) is 13.1. The third kappa shape index (κ3) is 5.46. The van der Waals surface area contributed by atoms with Crippen LogP contribution in [-0.4, -0.2) is 63.8 Å². The predicted octanol–water partition coefficient (Wildman–Crippen LogP) is 3.92. The van der Waals surface area contributed by atoms with Crippen LogP contribution in [0.3, 0.4) is 0 Å². The van der Waals surface area contributed by atoms with Gasteiger partial charge in [0.2, 0.25) is 11.8 Å². The maximum Gasteiger partial charge on any atom is 0.239 e. The van der Waals surface area contributed by atoms with Gasteiger partial charge in [-0.1, -0.05) is 25.3 Å². The summed E-state index contributed by atoms with van der Waals surface area (Å²) in [4.78, 5) is 36.7. The average Bonchev–Trinajstić information content (AvgIpc) is 3.31. The lowest BCUT2D eigenvalue weighted by Gasteiger charge is -2.38. The van der Waals surface area contributed by atoms with Gasteiger partial charge >= 0.3 is 0 Å². The number of nitrogens with one attached hydrogen (secondary N) is 1. The molecule has 0 unspecified atom stereocenters. The van der Waals surface area contributed by atoms with Crippen LogP contribution in [0.15, 0.2) is 36.7 Å². The molecule has 196 valence electrons. The van der Waals surface area contributed by atoms with Gasteiger partial charge in [-0.25, -0.2) is 9.37 Å².